The van der Waals surface area contributed by atoms with E-state index in [0.29, 0.717) is 111 Å². The summed E-state index contributed by atoms with van der Waals surface area (Å²) in [6.07, 6.45) is 7.12. The third-order valence-corrected chi connectivity index (χ3v) is 14.4. The predicted molar refractivity (Wildman–Crippen MR) is 298 cm³/mol. The summed E-state index contributed by atoms with van der Waals surface area (Å²) in [5.41, 5.74) is 6.15. The summed E-state index contributed by atoms with van der Waals surface area (Å²) in [6, 6.07) is 50.3. The van der Waals surface area contributed by atoms with Gasteiger partial charge in [-0.05, 0) is 116 Å². The summed E-state index contributed by atoms with van der Waals surface area (Å²) in [4.78, 5) is 71.9. The normalized spacial score (nSPS) is 12.0. The molecule has 0 amide bonds. The number of hydrogen-bond donors (Lipinski definition) is 6. The van der Waals surface area contributed by atoms with Crippen molar-refractivity contribution < 1.29 is 39.6 Å². The Morgan fingerprint density at radius 1 is 0.276 bits per heavy atom. The summed E-state index contributed by atoms with van der Waals surface area (Å²) in [7, 11) is 0. The van der Waals surface area contributed by atoms with Crippen LogP contribution in [0.5, 0.6) is 0 Å². The predicted octanol–water partition coefficient (Wildman–Crippen LogP) is 14.7. The van der Waals surface area contributed by atoms with Crippen molar-refractivity contribution in [2.75, 3.05) is 0 Å². The summed E-state index contributed by atoms with van der Waals surface area (Å²) >= 11 is 0. The largest absolute Gasteiger partial charge is 0.478 e. The molecule has 0 radical (unpaired) electrons. The number of benzene rings is 8. The highest BCUT2D eigenvalue weighted by Gasteiger charge is 2.28. The Morgan fingerprint density at radius 3 is 0.724 bits per heavy atom. The molecule has 3 aromatic heterocycles. The molecule has 13 rings (SSSR count). The maximum Gasteiger partial charge on any atom is 0.336 e. The lowest BCUT2D eigenvalue weighted by atomic mass is 9.92. The minimum Gasteiger partial charge on any atom is -0.478 e. The Morgan fingerprint density at radius 2 is 0.500 bits per heavy atom. The van der Waals surface area contributed by atoms with Crippen molar-refractivity contribution in [3.8, 4) is 44.5 Å². The number of rotatable bonds is 8. The number of carbonyl (C=O) groups is 4. The molecule has 2 aliphatic rings. The van der Waals surface area contributed by atoms with Gasteiger partial charge in [0.25, 0.3) is 0 Å². The van der Waals surface area contributed by atoms with Gasteiger partial charge in [-0.2, -0.15) is 0 Å². The van der Waals surface area contributed by atoms with Gasteiger partial charge in [0.1, 0.15) is 0 Å². The first-order valence-corrected chi connectivity index (χ1v) is 24.2. The number of fused-ring (bicyclic) bond motifs is 12. The van der Waals surface area contributed by atoms with Crippen LogP contribution in [0.2, 0.25) is 0 Å². The van der Waals surface area contributed by atoms with Gasteiger partial charge in [-0.15, -0.1) is 0 Å². The third kappa shape index (κ3) is 7.15. The van der Waals surface area contributed by atoms with Crippen LogP contribution in [0.3, 0.4) is 0 Å². The molecular weight excluding hydrogens is 953 g/mol. The Kier molecular flexibility index (Phi) is 10.4. The highest BCUT2D eigenvalue weighted by molar-refractivity contribution is 6.17. The second-order valence-corrected chi connectivity index (χ2v) is 18.6. The molecule has 0 saturated carbocycles. The average Bonchev–Trinajstić information content (AvgIpc) is 4.33. The molecule has 8 bridgehead atoms. The smallest absolute Gasteiger partial charge is 0.336 e. The van der Waals surface area contributed by atoms with Crippen LogP contribution in [0.4, 0.5) is 0 Å². The molecule has 0 saturated heterocycles. The van der Waals surface area contributed by atoms with E-state index in [1.807, 2.05) is 97.1 Å². The van der Waals surface area contributed by atoms with E-state index >= 15 is 0 Å². The Balaban J connectivity index is 1.30. The van der Waals surface area contributed by atoms with Crippen molar-refractivity contribution in [1.82, 2.24) is 19.9 Å². The second kappa shape index (κ2) is 17.5. The molecule has 2 aliphatic heterocycles. The number of carboxylic acid groups (broad SMARTS) is 4. The summed E-state index contributed by atoms with van der Waals surface area (Å²) in [6.45, 7) is 0. The quantitative estimate of drug-likeness (QED) is 0.0849. The van der Waals surface area contributed by atoms with Gasteiger partial charge >= 0.3 is 23.9 Å². The number of carboxylic acids is 4. The van der Waals surface area contributed by atoms with E-state index in [2.05, 4.69) is 9.97 Å². The Bertz CT molecular complexity index is 4100. The number of aromatic carboxylic acids is 4. The van der Waals surface area contributed by atoms with Crippen LogP contribution >= 0.6 is 0 Å². The van der Waals surface area contributed by atoms with Crippen LogP contribution < -0.4 is 0 Å². The van der Waals surface area contributed by atoms with Crippen molar-refractivity contribution in [3.63, 3.8) is 0 Å². The van der Waals surface area contributed by atoms with E-state index in [4.69, 9.17) is 9.97 Å². The molecule has 0 fully saturated rings. The number of nitrogens with one attached hydrogen (secondary N) is 2. The molecule has 362 valence electrons. The first kappa shape index (κ1) is 45.2. The van der Waals surface area contributed by atoms with E-state index in [1.54, 1.807) is 97.1 Å². The first-order chi connectivity index (χ1) is 37.0. The highest BCUT2D eigenvalue weighted by Crippen LogP contribution is 2.45. The molecule has 0 unspecified atom stereocenters. The number of hydrogen-bond acceptors (Lipinski definition) is 6. The fourth-order valence-electron chi connectivity index (χ4n) is 11.1. The summed E-state index contributed by atoms with van der Waals surface area (Å²) in [5, 5.41) is 49.5. The lowest BCUT2D eigenvalue weighted by Crippen LogP contribution is -2.03. The molecule has 11 aromatic rings. The summed E-state index contributed by atoms with van der Waals surface area (Å²) < 4.78 is 0. The van der Waals surface area contributed by atoms with Gasteiger partial charge < -0.3 is 30.4 Å². The van der Waals surface area contributed by atoms with Gasteiger partial charge in [0.05, 0.1) is 45.0 Å². The third-order valence-electron chi connectivity index (χ3n) is 14.4. The second-order valence-electron chi connectivity index (χ2n) is 18.6. The van der Waals surface area contributed by atoms with Crippen LogP contribution in [0.15, 0.2) is 170 Å². The Hall–Kier alpha value is -10.7. The molecule has 8 aromatic carbocycles. The van der Waals surface area contributed by atoms with Crippen LogP contribution in [-0.4, -0.2) is 64.2 Å². The van der Waals surface area contributed by atoms with Crippen molar-refractivity contribution in [2.24, 2.45) is 0 Å². The molecule has 5 heterocycles. The molecule has 0 atom stereocenters. The van der Waals surface area contributed by atoms with E-state index in [1.165, 1.54) is 0 Å². The van der Waals surface area contributed by atoms with Gasteiger partial charge in [-0.25, -0.2) is 29.1 Å². The van der Waals surface area contributed by atoms with Gasteiger partial charge in [-0.1, -0.05) is 121 Å². The molecule has 76 heavy (non-hydrogen) atoms. The van der Waals surface area contributed by atoms with Gasteiger partial charge in [0, 0.05) is 66.6 Å². The standard InChI is InChI=1S/C64H38N4O8/c69-61(70)41-21-17-33-9-1-5-13-37(33)53(41)57-45-25-27-47(65-45)58(54-38-14-6-2-10-34(38)18-22-42(54)62(71)72)49-29-31-51(67-49)60(56-40-16-8-4-12-36(40)20-24-44(56)64(75)76)52-32-30-50(68-52)59(48-28-26-46(57)66-48)55-39-15-7-3-11-35(39)19-23-43(55)63(73)74/h1-32,65,68H,(H,69,70)(H,71,72)(H,73,74)(H,75,76). The first-order valence-electron chi connectivity index (χ1n) is 24.2. The SMILES string of the molecule is O=C(O)c1ccc2ccccc2c1-c1c2nc(c(-c3c(C(=O)O)ccc4ccccc34)c3ccc([nH]3)c(-c3c(C(=O)O)ccc4ccccc34)c3nc(c(-c4c(C(=O)O)ccc5ccccc45)c4ccc1[nH]4)C=C3)C=C2. The van der Waals surface area contributed by atoms with Crippen LogP contribution in [0.1, 0.15) is 64.2 Å². The lowest BCUT2D eigenvalue weighted by Gasteiger charge is -2.14. The number of aromatic nitrogens is 4. The maximum absolute atomic E-state index is 13.5. The topological polar surface area (TPSA) is 207 Å². The number of H-pyrrole nitrogens is 2. The number of aromatic amines is 2. The van der Waals surface area contributed by atoms with E-state index in [0.717, 1.165) is 21.5 Å². The van der Waals surface area contributed by atoms with E-state index in [-0.39, 0.29) is 22.3 Å². The zero-order chi connectivity index (χ0) is 51.9. The van der Waals surface area contributed by atoms with Crippen LogP contribution in [0, 0.1) is 0 Å². The zero-order valence-electron chi connectivity index (χ0n) is 39.8. The minimum absolute atomic E-state index is 0.00442. The van der Waals surface area contributed by atoms with Crippen molar-refractivity contribution in [3.05, 3.63) is 215 Å². The molecule has 0 aliphatic carbocycles. The Labute approximate surface area is 430 Å². The van der Waals surface area contributed by atoms with Crippen LogP contribution in [0.25, 0.3) is 134 Å². The zero-order valence-corrected chi connectivity index (χ0v) is 39.8. The monoisotopic (exact) mass is 990 g/mol. The van der Waals surface area contributed by atoms with Gasteiger partial charge in [0.2, 0.25) is 0 Å². The fraction of sp³-hybridized carbons (Fsp3) is 0. The fourth-order valence-corrected chi connectivity index (χ4v) is 11.1. The van der Waals surface area contributed by atoms with Crippen molar-refractivity contribution in [1.29, 1.82) is 0 Å². The van der Waals surface area contributed by atoms with Crippen molar-refractivity contribution in [2.45, 2.75) is 0 Å². The summed E-state index contributed by atoms with van der Waals surface area (Å²) in [5.74, 6) is -4.73. The highest BCUT2D eigenvalue weighted by atomic mass is 16.4. The maximum atomic E-state index is 13.5. The van der Waals surface area contributed by atoms with E-state index < -0.39 is 23.9 Å². The molecule has 12 nitrogen and oxygen atoms in total. The molecule has 0 spiro atoms. The van der Waals surface area contributed by atoms with Crippen LogP contribution in [-0.2, 0) is 0 Å². The molecule has 6 N–H and O–H groups in total. The number of nitrogens with zero attached hydrogens (tertiary/aromatic N) is 2. The lowest BCUT2D eigenvalue weighted by molar-refractivity contribution is 0.0687. The molecular formula is C64H38N4O8. The molecule has 12 heteroatoms. The van der Waals surface area contributed by atoms with E-state index in [9.17, 15) is 39.6 Å². The van der Waals surface area contributed by atoms with Gasteiger partial charge in [-0.3, -0.25) is 0 Å². The average molecular weight is 991 g/mol. The minimum atomic E-state index is -1.18. The van der Waals surface area contributed by atoms with Gasteiger partial charge in [0.15, 0.2) is 0 Å². The van der Waals surface area contributed by atoms with Crippen molar-refractivity contribution >= 4 is 113 Å².